The molecule has 0 aliphatic carbocycles. The minimum absolute atomic E-state index is 0.775. The van der Waals surface area contributed by atoms with Crippen molar-refractivity contribution in [1.82, 2.24) is 4.90 Å². The van der Waals surface area contributed by atoms with Gasteiger partial charge in [0.05, 0.1) is 0 Å². The zero-order chi connectivity index (χ0) is 12.0. The average Bonchev–Trinajstić information content (AvgIpc) is 2.24. The third kappa shape index (κ3) is 3.69. The summed E-state index contributed by atoms with van der Waals surface area (Å²) in [6, 6.07) is 5.71. The molecule has 2 nitrogen and oxygen atoms in total. The van der Waals surface area contributed by atoms with Gasteiger partial charge in [0.25, 0.3) is 0 Å². The van der Waals surface area contributed by atoms with E-state index in [-0.39, 0.29) is 0 Å². The van der Waals surface area contributed by atoms with Crippen molar-refractivity contribution in [3.05, 3.63) is 28.8 Å². The summed E-state index contributed by atoms with van der Waals surface area (Å²) in [5.41, 5.74) is 7.81. The van der Waals surface area contributed by atoms with Crippen molar-refractivity contribution in [3.8, 4) is 0 Å². The largest absolute Gasteiger partial charge is 0.398 e. The highest BCUT2D eigenvalue weighted by molar-refractivity contribution is 6.31. The van der Waals surface area contributed by atoms with Crippen LogP contribution < -0.4 is 5.73 Å². The number of anilines is 1. The zero-order valence-electron chi connectivity index (χ0n) is 10.2. The van der Waals surface area contributed by atoms with E-state index in [0.717, 1.165) is 48.7 Å². The quantitative estimate of drug-likeness (QED) is 0.771. The topological polar surface area (TPSA) is 29.3 Å². The van der Waals surface area contributed by atoms with E-state index in [0.29, 0.717) is 0 Å². The van der Waals surface area contributed by atoms with E-state index in [1.807, 2.05) is 18.2 Å². The fourth-order valence-electron chi connectivity index (χ4n) is 1.87. The standard InChI is InChI=1S/C13H21ClN2/c1-3-8-16(9-4-2)10-11-12(14)6-5-7-13(11)15/h5-7H,3-4,8-10,15H2,1-2H3. The average molecular weight is 241 g/mol. The number of nitrogens with zero attached hydrogens (tertiary/aromatic N) is 1. The Labute approximate surface area is 103 Å². The molecular formula is C13H21ClN2. The summed E-state index contributed by atoms with van der Waals surface area (Å²) in [6.07, 6.45) is 2.31. The molecule has 0 aromatic heterocycles. The summed E-state index contributed by atoms with van der Waals surface area (Å²) in [5, 5.41) is 0.775. The summed E-state index contributed by atoms with van der Waals surface area (Å²) in [7, 11) is 0. The Hall–Kier alpha value is -0.730. The van der Waals surface area contributed by atoms with Crippen LogP contribution >= 0.6 is 11.6 Å². The van der Waals surface area contributed by atoms with Crippen LogP contribution in [-0.4, -0.2) is 18.0 Å². The lowest BCUT2D eigenvalue weighted by atomic mass is 10.1. The molecule has 0 radical (unpaired) electrons. The molecule has 1 aromatic rings. The van der Waals surface area contributed by atoms with E-state index in [1.54, 1.807) is 0 Å². The zero-order valence-corrected chi connectivity index (χ0v) is 10.9. The molecule has 2 N–H and O–H groups in total. The van der Waals surface area contributed by atoms with Gasteiger partial charge in [-0.05, 0) is 38.1 Å². The van der Waals surface area contributed by atoms with Crippen LogP contribution in [0.4, 0.5) is 5.69 Å². The van der Waals surface area contributed by atoms with E-state index < -0.39 is 0 Å². The van der Waals surface area contributed by atoms with Gasteiger partial charge in [0.15, 0.2) is 0 Å². The van der Waals surface area contributed by atoms with Crippen molar-refractivity contribution in [2.24, 2.45) is 0 Å². The number of benzene rings is 1. The van der Waals surface area contributed by atoms with Gasteiger partial charge in [-0.25, -0.2) is 0 Å². The molecule has 0 saturated heterocycles. The van der Waals surface area contributed by atoms with Crippen LogP contribution in [0.5, 0.6) is 0 Å². The maximum absolute atomic E-state index is 6.17. The molecule has 0 spiro atoms. The van der Waals surface area contributed by atoms with Gasteiger partial charge in [0, 0.05) is 22.8 Å². The van der Waals surface area contributed by atoms with Gasteiger partial charge in [-0.15, -0.1) is 0 Å². The van der Waals surface area contributed by atoms with E-state index in [4.69, 9.17) is 17.3 Å². The fraction of sp³-hybridized carbons (Fsp3) is 0.538. The minimum Gasteiger partial charge on any atom is -0.398 e. The number of nitrogen functional groups attached to an aromatic ring is 1. The lowest BCUT2D eigenvalue weighted by Gasteiger charge is -2.22. The molecule has 3 heteroatoms. The Morgan fingerprint density at radius 2 is 1.81 bits per heavy atom. The smallest absolute Gasteiger partial charge is 0.0471 e. The molecule has 16 heavy (non-hydrogen) atoms. The molecule has 0 saturated carbocycles. The van der Waals surface area contributed by atoms with Crippen molar-refractivity contribution in [2.45, 2.75) is 33.2 Å². The number of rotatable bonds is 6. The molecule has 1 rings (SSSR count). The second-order valence-electron chi connectivity index (χ2n) is 4.08. The SMILES string of the molecule is CCCN(CCC)Cc1c(N)cccc1Cl. The third-order valence-corrected chi connectivity index (χ3v) is 2.97. The summed E-state index contributed by atoms with van der Waals surface area (Å²) in [6.45, 7) is 7.43. The van der Waals surface area contributed by atoms with Crippen LogP contribution in [0.15, 0.2) is 18.2 Å². The normalized spacial score (nSPS) is 11.0. The number of halogens is 1. The highest BCUT2D eigenvalue weighted by Crippen LogP contribution is 2.23. The van der Waals surface area contributed by atoms with Gasteiger partial charge in [-0.3, -0.25) is 4.90 Å². The molecule has 0 fully saturated rings. The van der Waals surface area contributed by atoms with Crippen molar-refractivity contribution in [1.29, 1.82) is 0 Å². The number of nitrogens with two attached hydrogens (primary N) is 1. The Kier molecular flexibility index (Phi) is 5.64. The van der Waals surface area contributed by atoms with E-state index in [9.17, 15) is 0 Å². The van der Waals surface area contributed by atoms with Crippen molar-refractivity contribution in [2.75, 3.05) is 18.8 Å². The van der Waals surface area contributed by atoms with Crippen LogP contribution in [-0.2, 0) is 6.54 Å². The van der Waals surface area contributed by atoms with Crippen LogP contribution in [0.3, 0.4) is 0 Å². The maximum Gasteiger partial charge on any atom is 0.0471 e. The molecule has 1 aromatic carbocycles. The van der Waals surface area contributed by atoms with E-state index >= 15 is 0 Å². The van der Waals surface area contributed by atoms with Crippen molar-refractivity contribution >= 4 is 17.3 Å². The van der Waals surface area contributed by atoms with Gasteiger partial charge in [0.1, 0.15) is 0 Å². The first-order valence-electron chi connectivity index (χ1n) is 5.94. The van der Waals surface area contributed by atoms with E-state index in [2.05, 4.69) is 18.7 Å². The molecule has 90 valence electrons. The number of hydrogen-bond acceptors (Lipinski definition) is 2. The predicted octanol–water partition coefficient (Wildman–Crippen LogP) is 3.54. The second kappa shape index (κ2) is 6.77. The molecule has 0 aliphatic rings. The van der Waals surface area contributed by atoms with Crippen molar-refractivity contribution < 1.29 is 0 Å². The molecule has 0 amide bonds. The Balaban J connectivity index is 2.76. The second-order valence-corrected chi connectivity index (χ2v) is 4.49. The van der Waals surface area contributed by atoms with E-state index in [1.165, 1.54) is 0 Å². The van der Waals surface area contributed by atoms with Gasteiger partial charge in [-0.2, -0.15) is 0 Å². The van der Waals surface area contributed by atoms with Gasteiger partial charge in [-0.1, -0.05) is 31.5 Å². The molecule has 0 heterocycles. The number of hydrogen-bond donors (Lipinski definition) is 1. The Morgan fingerprint density at radius 1 is 1.19 bits per heavy atom. The molecule has 0 aliphatic heterocycles. The lowest BCUT2D eigenvalue weighted by Crippen LogP contribution is -2.25. The molecule has 0 atom stereocenters. The first-order valence-corrected chi connectivity index (χ1v) is 6.32. The lowest BCUT2D eigenvalue weighted by molar-refractivity contribution is 0.267. The first-order chi connectivity index (χ1) is 7.69. The predicted molar refractivity (Wildman–Crippen MR) is 71.7 cm³/mol. The monoisotopic (exact) mass is 240 g/mol. The van der Waals surface area contributed by atoms with Gasteiger partial charge < -0.3 is 5.73 Å². The van der Waals surface area contributed by atoms with Crippen LogP contribution in [0, 0.1) is 0 Å². The Bertz CT molecular complexity index is 299. The van der Waals surface area contributed by atoms with Gasteiger partial charge in [0.2, 0.25) is 0 Å². The summed E-state index contributed by atoms with van der Waals surface area (Å²) < 4.78 is 0. The first kappa shape index (κ1) is 13.3. The molecular weight excluding hydrogens is 220 g/mol. The van der Waals surface area contributed by atoms with Crippen LogP contribution in [0.25, 0.3) is 0 Å². The Morgan fingerprint density at radius 3 is 2.31 bits per heavy atom. The summed E-state index contributed by atoms with van der Waals surface area (Å²) in [5.74, 6) is 0. The van der Waals surface area contributed by atoms with Gasteiger partial charge >= 0.3 is 0 Å². The highest BCUT2D eigenvalue weighted by Gasteiger charge is 2.09. The molecule has 0 bridgehead atoms. The van der Waals surface area contributed by atoms with Crippen molar-refractivity contribution in [3.63, 3.8) is 0 Å². The third-order valence-electron chi connectivity index (χ3n) is 2.62. The van der Waals surface area contributed by atoms with Crippen LogP contribution in [0.1, 0.15) is 32.3 Å². The minimum atomic E-state index is 0.775. The summed E-state index contributed by atoms with van der Waals surface area (Å²) >= 11 is 6.17. The van der Waals surface area contributed by atoms with Crippen LogP contribution in [0.2, 0.25) is 5.02 Å². The summed E-state index contributed by atoms with van der Waals surface area (Å²) in [4.78, 5) is 2.40. The fourth-order valence-corrected chi connectivity index (χ4v) is 2.11. The maximum atomic E-state index is 6.17. The molecule has 0 unspecified atom stereocenters. The highest BCUT2D eigenvalue weighted by atomic mass is 35.5.